The summed E-state index contributed by atoms with van der Waals surface area (Å²) in [6.45, 7) is 4.87. The molecule has 0 bridgehead atoms. The fraction of sp³-hybridized carbons (Fsp3) is 0.417. The Morgan fingerprint density at radius 2 is 2.12 bits per heavy atom. The van der Waals surface area contributed by atoms with Gasteiger partial charge in [-0.1, -0.05) is 0 Å². The fourth-order valence-corrected chi connectivity index (χ4v) is 4.69. The van der Waals surface area contributed by atoms with E-state index < -0.39 is 0 Å². The predicted octanol–water partition coefficient (Wildman–Crippen LogP) is 3.41. The number of piperidine rings is 1. The van der Waals surface area contributed by atoms with Gasteiger partial charge in [0.15, 0.2) is 5.69 Å². The molecule has 1 unspecified atom stereocenters. The van der Waals surface area contributed by atoms with E-state index in [1.807, 2.05) is 24.6 Å². The topological polar surface area (TPSA) is 129 Å². The lowest BCUT2D eigenvalue weighted by Crippen LogP contribution is -2.33. The third kappa shape index (κ3) is 6.56. The first kappa shape index (κ1) is 23.7. The van der Waals surface area contributed by atoms with E-state index in [9.17, 15) is 4.79 Å². The Bertz CT molecular complexity index is 1150. The Kier molecular flexibility index (Phi) is 8.12. The summed E-state index contributed by atoms with van der Waals surface area (Å²) in [5.41, 5.74) is 4.86. The molecule has 1 aliphatic rings. The quantitative estimate of drug-likeness (QED) is 0.403. The van der Waals surface area contributed by atoms with Crippen molar-refractivity contribution in [2.24, 2.45) is 5.92 Å². The molecule has 1 atom stereocenters. The Morgan fingerprint density at radius 1 is 1.24 bits per heavy atom. The molecule has 34 heavy (non-hydrogen) atoms. The molecule has 0 spiro atoms. The van der Waals surface area contributed by atoms with E-state index in [0.29, 0.717) is 30.4 Å². The van der Waals surface area contributed by atoms with Crippen LogP contribution in [0.5, 0.6) is 0 Å². The number of rotatable bonds is 10. The highest BCUT2D eigenvalue weighted by molar-refractivity contribution is 7.09. The summed E-state index contributed by atoms with van der Waals surface area (Å²) < 4.78 is 0. The number of aromatic nitrogens is 4. The normalized spacial score (nSPS) is 15.5. The van der Waals surface area contributed by atoms with Crippen molar-refractivity contribution in [3.63, 3.8) is 0 Å². The maximum Gasteiger partial charge on any atom is 0.158 e. The number of thiazole rings is 1. The van der Waals surface area contributed by atoms with Crippen molar-refractivity contribution >= 4 is 34.4 Å². The van der Waals surface area contributed by atoms with Gasteiger partial charge in [0.1, 0.15) is 23.5 Å². The van der Waals surface area contributed by atoms with Crippen molar-refractivity contribution in [1.82, 2.24) is 25.3 Å². The van der Waals surface area contributed by atoms with Crippen molar-refractivity contribution in [3.05, 3.63) is 52.0 Å². The number of carbonyl (C=O) groups excluding carboxylic acids is 1. The van der Waals surface area contributed by atoms with Gasteiger partial charge in [-0.2, -0.15) is 5.26 Å². The van der Waals surface area contributed by atoms with E-state index in [0.717, 1.165) is 47.9 Å². The number of Topliss-reactive ketones (excluding diaryl/α,β-unsaturated/α-hetero) is 1. The highest BCUT2D eigenvalue weighted by Gasteiger charge is 2.16. The smallest absolute Gasteiger partial charge is 0.158 e. The van der Waals surface area contributed by atoms with Crippen molar-refractivity contribution in [3.8, 4) is 6.07 Å². The zero-order chi connectivity index (χ0) is 23.8. The minimum atomic E-state index is 0.177. The zero-order valence-electron chi connectivity index (χ0n) is 19.2. The molecule has 1 aliphatic heterocycles. The van der Waals surface area contributed by atoms with Crippen LogP contribution < -0.4 is 16.0 Å². The van der Waals surface area contributed by atoms with E-state index in [4.69, 9.17) is 5.26 Å². The molecule has 3 N–H and O–H groups in total. The van der Waals surface area contributed by atoms with Crippen LogP contribution in [0.3, 0.4) is 0 Å². The summed E-state index contributed by atoms with van der Waals surface area (Å²) in [7, 11) is 0. The Labute approximate surface area is 203 Å². The molecule has 4 heterocycles. The molecule has 1 saturated heterocycles. The molecule has 0 saturated carbocycles. The third-order valence-corrected chi connectivity index (χ3v) is 6.85. The molecule has 1 fully saturated rings. The largest absolute Gasteiger partial charge is 0.384 e. The number of nitriles is 1. The molecule has 10 heteroatoms. The molecular formula is C24H28N8OS. The van der Waals surface area contributed by atoms with Gasteiger partial charge in [-0.25, -0.2) is 19.9 Å². The Balaban J connectivity index is 1.45. The first-order valence-electron chi connectivity index (χ1n) is 11.4. The number of pyridine rings is 1. The van der Waals surface area contributed by atoms with Gasteiger partial charge in [0.05, 0.1) is 23.6 Å². The predicted molar refractivity (Wildman–Crippen MR) is 132 cm³/mol. The number of hydrogen-bond acceptors (Lipinski definition) is 10. The summed E-state index contributed by atoms with van der Waals surface area (Å²) in [4.78, 5) is 30.9. The second-order valence-electron chi connectivity index (χ2n) is 8.42. The van der Waals surface area contributed by atoms with Crippen molar-refractivity contribution in [2.75, 3.05) is 30.3 Å². The van der Waals surface area contributed by atoms with Gasteiger partial charge < -0.3 is 16.0 Å². The highest BCUT2D eigenvalue weighted by Crippen LogP contribution is 2.24. The molecule has 176 valence electrons. The number of anilines is 3. The SMILES string of the molecule is Cc1ncsc1CCC(=O)Cc1cnc(Nc2cnc(C#N)cn2)cc1NCC1CCCNC1. The average Bonchev–Trinajstić information content (AvgIpc) is 3.28. The zero-order valence-corrected chi connectivity index (χ0v) is 20.0. The van der Waals surface area contributed by atoms with Crippen LogP contribution in [-0.4, -0.2) is 45.4 Å². The fourth-order valence-electron chi connectivity index (χ4n) is 3.91. The summed E-state index contributed by atoms with van der Waals surface area (Å²) in [6, 6.07) is 3.86. The third-order valence-electron chi connectivity index (χ3n) is 5.85. The minimum absolute atomic E-state index is 0.177. The van der Waals surface area contributed by atoms with Crippen LogP contribution in [0.15, 0.2) is 30.2 Å². The van der Waals surface area contributed by atoms with E-state index in [1.165, 1.54) is 25.2 Å². The van der Waals surface area contributed by atoms with E-state index in [1.54, 1.807) is 17.5 Å². The molecule has 0 aliphatic carbocycles. The maximum absolute atomic E-state index is 12.8. The summed E-state index contributed by atoms with van der Waals surface area (Å²) in [5, 5.41) is 19.0. The summed E-state index contributed by atoms with van der Waals surface area (Å²) >= 11 is 1.60. The number of carbonyl (C=O) groups is 1. The van der Waals surface area contributed by atoms with Crippen LogP contribution in [-0.2, 0) is 17.6 Å². The Morgan fingerprint density at radius 3 is 2.82 bits per heavy atom. The van der Waals surface area contributed by atoms with Crippen LogP contribution in [0.25, 0.3) is 0 Å². The number of hydrogen-bond donors (Lipinski definition) is 3. The number of ketones is 1. The van der Waals surface area contributed by atoms with Gasteiger partial charge >= 0.3 is 0 Å². The highest BCUT2D eigenvalue weighted by atomic mass is 32.1. The monoisotopic (exact) mass is 476 g/mol. The lowest BCUT2D eigenvalue weighted by atomic mass is 9.99. The first-order chi connectivity index (χ1) is 16.6. The lowest BCUT2D eigenvalue weighted by molar-refractivity contribution is -0.118. The van der Waals surface area contributed by atoms with Crippen molar-refractivity contribution < 1.29 is 4.79 Å². The average molecular weight is 477 g/mol. The molecule has 0 amide bonds. The minimum Gasteiger partial charge on any atom is -0.384 e. The summed E-state index contributed by atoms with van der Waals surface area (Å²) in [5.74, 6) is 1.81. The van der Waals surface area contributed by atoms with Gasteiger partial charge in [0, 0.05) is 47.8 Å². The number of aryl methyl sites for hydroxylation is 2. The van der Waals surface area contributed by atoms with E-state index in [-0.39, 0.29) is 11.5 Å². The van der Waals surface area contributed by atoms with Crippen LogP contribution in [0.2, 0.25) is 0 Å². The molecule has 3 aromatic heterocycles. The van der Waals surface area contributed by atoms with Gasteiger partial charge in [0.2, 0.25) is 0 Å². The van der Waals surface area contributed by atoms with Crippen molar-refractivity contribution in [2.45, 2.75) is 39.0 Å². The second kappa shape index (κ2) is 11.6. The van der Waals surface area contributed by atoms with Crippen LogP contribution >= 0.6 is 11.3 Å². The summed E-state index contributed by atoms with van der Waals surface area (Å²) in [6.07, 6.45) is 8.54. The van der Waals surface area contributed by atoms with Gasteiger partial charge in [0.25, 0.3) is 0 Å². The van der Waals surface area contributed by atoms with E-state index in [2.05, 4.69) is 35.9 Å². The second-order valence-corrected chi connectivity index (χ2v) is 9.36. The van der Waals surface area contributed by atoms with Crippen LogP contribution in [0.1, 0.15) is 41.1 Å². The van der Waals surface area contributed by atoms with Gasteiger partial charge in [-0.15, -0.1) is 11.3 Å². The molecule has 0 aromatic carbocycles. The number of nitrogens with zero attached hydrogens (tertiary/aromatic N) is 5. The van der Waals surface area contributed by atoms with E-state index >= 15 is 0 Å². The maximum atomic E-state index is 12.8. The van der Waals surface area contributed by atoms with Crippen molar-refractivity contribution in [1.29, 1.82) is 5.26 Å². The van der Waals surface area contributed by atoms with Crippen LogP contribution in [0.4, 0.5) is 17.3 Å². The van der Waals surface area contributed by atoms with Gasteiger partial charge in [-0.3, -0.25) is 4.79 Å². The number of nitrogens with one attached hydrogen (secondary N) is 3. The Hall–Kier alpha value is -3.42. The van der Waals surface area contributed by atoms with Crippen LogP contribution in [0, 0.1) is 24.2 Å². The molecule has 9 nitrogen and oxygen atoms in total. The molecule has 3 aromatic rings. The first-order valence-corrected chi connectivity index (χ1v) is 12.3. The molecule has 4 rings (SSSR count). The molecular weight excluding hydrogens is 448 g/mol. The standard InChI is InChI=1S/C24H28N8OS/c1-16-22(34-15-31-16)5-4-20(33)7-18-12-29-23(32-24-14-27-19(9-25)13-30-24)8-21(18)28-11-17-3-2-6-26-10-17/h8,12-15,17,26H,2-7,10-11H2,1H3,(H2,28,29,30,32). The molecule has 0 radical (unpaired) electrons. The van der Waals surface area contributed by atoms with Gasteiger partial charge in [-0.05, 0) is 45.2 Å². The lowest BCUT2D eigenvalue weighted by Gasteiger charge is -2.24.